The summed E-state index contributed by atoms with van der Waals surface area (Å²) >= 11 is 0. The van der Waals surface area contributed by atoms with E-state index in [0.717, 1.165) is 24.8 Å². The number of carbonyl (C=O) groups is 1. The highest BCUT2D eigenvalue weighted by molar-refractivity contribution is 5.68. The van der Waals surface area contributed by atoms with Crippen molar-refractivity contribution in [3.63, 3.8) is 0 Å². The third kappa shape index (κ3) is 7.48. The van der Waals surface area contributed by atoms with Crippen molar-refractivity contribution in [3.8, 4) is 0 Å². The molecule has 0 aromatic heterocycles. The second-order valence-corrected chi connectivity index (χ2v) is 9.58. The van der Waals surface area contributed by atoms with Crippen molar-refractivity contribution in [2.45, 2.75) is 115 Å². The molecule has 1 amide bonds. The highest BCUT2D eigenvalue weighted by atomic mass is 16.7. The Labute approximate surface area is 194 Å². The average Bonchev–Trinajstić information content (AvgIpc) is 3.24. The molecular weight excluding hydrogens is 402 g/mol. The van der Waals surface area contributed by atoms with E-state index in [4.69, 9.17) is 14.2 Å². The lowest BCUT2D eigenvalue weighted by atomic mass is 9.88. The van der Waals surface area contributed by atoms with E-state index in [9.17, 15) is 4.79 Å². The maximum atomic E-state index is 13.1. The van der Waals surface area contributed by atoms with Gasteiger partial charge in [0.15, 0.2) is 5.79 Å². The summed E-state index contributed by atoms with van der Waals surface area (Å²) in [6.07, 6.45) is 13.9. The first-order valence-corrected chi connectivity index (χ1v) is 12.9. The largest absolute Gasteiger partial charge is 0.445 e. The number of amides is 1. The highest BCUT2D eigenvalue weighted by Gasteiger charge is 2.48. The number of carbonyl (C=O) groups excluding carboxylic acids is 1. The van der Waals surface area contributed by atoms with Crippen molar-refractivity contribution < 1.29 is 19.0 Å². The van der Waals surface area contributed by atoms with E-state index in [0.29, 0.717) is 26.2 Å². The molecule has 2 saturated heterocycles. The van der Waals surface area contributed by atoms with Gasteiger partial charge in [-0.3, -0.25) is 0 Å². The maximum Gasteiger partial charge on any atom is 0.410 e. The van der Waals surface area contributed by atoms with Crippen LogP contribution in [0.1, 0.15) is 96.5 Å². The van der Waals surface area contributed by atoms with E-state index < -0.39 is 5.79 Å². The summed E-state index contributed by atoms with van der Waals surface area (Å²) < 4.78 is 17.8. The fourth-order valence-electron chi connectivity index (χ4n) is 5.24. The number of rotatable bonds is 12. The Morgan fingerprint density at radius 2 is 1.59 bits per heavy atom. The molecule has 2 aliphatic heterocycles. The number of nitrogens with zero attached hydrogens (tertiary/aromatic N) is 1. The number of unbranched alkanes of at least 4 members (excludes halogenated alkanes) is 8. The zero-order valence-corrected chi connectivity index (χ0v) is 20.2. The summed E-state index contributed by atoms with van der Waals surface area (Å²) in [5.74, 6) is -0.514. The summed E-state index contributed by atoms with van der Waals surface area (Å²) in [4.78, 5) is 15.0. The summed E-state index contributed by atoms with van der Waals surface area (Å²) in [6, 6.07) is 10.0. The molecule has 32 heavy (non-hydrogen) atoms. The molecular formula is C27H43NO4. The molecule has 1 spiro atoms. The minimum absolute atomic E-state index is 0.0358. The smallest absolute Gasteiger partial charge is 0.410 e. The quantitative estimate of drug-likeness (QED) is 0.330. The first-order valence-electron chi connectivity index (χ1n) is 12.9. The van der Waals surface area contributed by atoms with Gasteiger partial charge < -0.3 is 19.1 Å². The molecule has 0 saturated carbocycles. The van der Waals surface area contributed by atoms with Crippen molar-refractivity contribution in [2.75, 3.05) is 13.2 Å². The van der Waals surface area contributed by atoms with E-state index in [2.05, 4.69) is 13.8 Å². The topological polar surface area (TPSA) is 48.0 Å². The average molecular weight is 446 g/mol. The van der Waals surface area contributed by atoms with Gasteiger partial charge in [-0.05, 0) is 18.9 Å². The van der Waals surface area contributed by atoms with Gasteiger partial charge in [0.25, 0.3) is 0 Å². The SMILES string of the molecule is CCCCCCCCCCC[C@@H]1CC2(C[C@@H](C)N1C(=O)OCc1ccccc1)OCCO2. The third-order valence-corrected chi connectivity index (χ3v) is 6.89. The first-order chi connectivity index (χ1) is 15.6. The lowest BCUT2D eigenvalue weighted by Gasteiger charge is -2.47. The summed E-state index contributed by atoms with van der Waals surface area (Å²) in [5.41, 5.74) is 1.01. The predicted octanol–water partition coefficient (Wildman–Crippen LogP) is 6.84. The molecule has 2 fully saturated rings. The van der Waals surface area contributed by atoms with Crippen molar-refractivity contribution in [1.82, 2.24) is 4.90 Å². The van der Waals surface area contributed by atoms with Gasteiger partial charge in [-0.1, -0.05) is 95.0 Å². The fraction of sp³-hybridized carbons (Fsp3) is 0.741. The van der Waals surface area contributed by atoms with E-state index >= 15 is 0 Å². The minimum atomic E-state index is -0.514. The molecule has 0 unspecified atom stereocenters. The maximum absolute atomic E-state index is 13.1. The second-order valence-electron chi connectivity index (χ2n) is 9.58. The molecule has 1 aromatic rings. The van der Waals surface area contributed by atoms with Gasteiger partial charge in [0.1, 0.15) is 6.61 Å². The highest BCUT2D eigenvalue weighted by Crippen LogP contribution is 2.39. The zero-order chi connectivity index (χ0) is 22.7. The number of likely N-dealkylation sites (tertiary alicyclic amines) is 1. The Kier molecular flexibility index (Phi) is 10.3. The molecule has 2 atom stereocenters. The van der Waals surface area contributed by atoms with Crippen LogP contribution in [0.4, 0.5) is 4.79 Å². The molecule has 180 valence electrons. The van der Waals surface area contributed by atoms with Gasteiger partial charge in [-0.25, -0.2) is 4.79 Å². The molecule has 5 heteroatoms. The third-order valence-electron chi connectivity index (χ3n) is 6.89. The van der Waals surface area contributed by atoms with Crippen LogP contribution in [0.5, 0.6) is 0 Å². The van der Waals surface area contributed by atoms with Crippen LogP contribution in [0.25, 0.3) is 0 Å². The number of ether oxygens (including phenoxy) is 3. The number of benzene rings is 1. The standard InChI is InChI=1S/C27H43NO4/c1-3-4-5-6-7-8-9-10-14-17-25-21-27(31-18-19-32-27)20-23(2)28(25)26(29)30-22-24-15-12-11-13-16-24/h11-13,15-16,23,25H,3-10,14,17-22H2,1-2H3/t23-,25-/m1/s1. The van der Waals surface area contributed by atoms with Crippen LogP contribution in [0.2, 0.25) is 0 Å². The zero-order valence-electron chi connectivity index (χ0n) is 20.2. The number of hydrogen-bond donors (Lipinski definition) is 0. The van der Waals surface area contributed by atoms with Crippen molar-refractivity contribution in [2.24, 2.45) is 0 Å². The first kappa shape index (κ1) is 25.0. The molecule has 5 nitrogen and oxygen atoms in total. The summed E-state index contributed by atoms with van der Waals surface area (Å²) in [7, 11) is 0. The van der Waals surface area contributed by atoms with E-state index in [-0.39, 0.29) is 18.2 Å². The summed E-state index contributed by atoms with van der Waals surface area (Å²) in [5, 5.41) is 0. The van der Waals surface area contributed by atoms with Gasteiger partial charge >= 0.3 is 6.09 Å². The minimum Gasteiger partial charge on any atom is -0.445 e. The van der Waals surface area contributed by atoms with Crippen molar-refractivity contribution in [3.05, 3.63) is 35.9 Å². The Hall–Kier alpha value is -1.59. The normalized spacial score (nSPS) is 22.4. The van der Waals surface area contributed by atoms with E-state index in [1.807, 2.05) is 35.2 Å². The molecule has 0 radical (unpaired) electrons. The molecule has 3 rings (SSSR count). The predicted molar refractivity (Wildman–Crippen MR) is 127 cm³/mol. The van der Waals surface area contributed by atoms with Crippen LogP contribution in [0.15, 0.2) is 30.3 Å². The van der Waals surface area contributed by atoms with Crippen molar-refractivity contribution in [1.29, 1.82) is 0 Å². The van der Waals surface area contributed by atoms with Gasteiger partial charge in [-0.15, -0.1) is 0 Å². The number of hydrogen-bond acceptors (Lipinski definition) is 4. The van der Waals surface area contributed by atoms with Gasteiger partial charge in [0, 0.05) is 24.9 Å². The molecule has 2 aliphatic rings. The molecule has 0 aliphatic carbocycles. The monoisotopic (exact) mass is 445 g/mol. The van der Waals surface area contributed by atoms with Gasteiger partial charge in [0.2, 0.25) is 0 Å². The number of piperidine rings is 1. The molecule has 0 N–H and O–H groups in total. The van der Waals surface area contributed by atoms with Crippen LogP contribution >= 0.6 is 0 Å². The van der Waals surface area contributed by atoms with Crippen LogP contribution in [-0.2, 0) is 20.8 Å². The van der Waals surface area contributed by atoms with Crippen LogP contribution < -0.4 is 0 Å². The lowest BCUT2D eigenvalue weighted by Crippen LogP contribution is -2.57. The Bertz CT molecular complexity index is 659. The Balaban J connectivity index is 1.49. The van der Waals surface area contributed by atoms with Gasteiger partial charge in [-0.2, -0.15) is 0 Å². The molecule has 2 heterocycles. The van der Waals surface area contributed by atoms with E-state index in [1.165, 1.54) is 51.4 Å². The lowest BCUT2D eigenvalue weighted by molar-refractivity contribution is -0.204. The summed E-state index contributed by atoms with van der Waals surface area (Å²) in [6.45, 7) is 5.97. The molecule has 0 bridgehead atoms. The second kappa shape index (κ2) is 13.2. The van der Waals surface area contributed by atoms with Crippen LogP contribution in [0.3, 0.4) is 0 Å². The fourth-order valence-corrected chi connectivity index (χ4v) is 5.24. The Morgan fingerprint density at radius 1 is 0.969 bits per heavy atom. The Morgan fingerprint density at radius 3 is 2.25 bits per heavy atom. The van der Waals surface area contributed by atoms with Gasteiger partial charge in [0.05, 0.1) is 13.2 Å². The van der Waals surface area contributed by atoms with Crippen molar-refractivity contribution >= 4 is 6.09 Å². The molecule has 1 aromatic carbocycles. The van der Waals surface area contributed by atoms with Crippen LogP contribution in [0, 0.1) is 0 Å². The van der Waals surface area contributed by atoms with Crippen LogP contribution in [-0.4, -0.2) is 42.1 Å². The van der Waals surface area contributed by atoms with E-state index in [1.54, 1.807) is 0 Å².